The van der Waals surface area contributed by atoms with Crippen molar-refractivity contribution in [2.45, 2.75) is 38.5 Å². The first-order chi connectivity index (χ1) is 19.1. The molecule has 1 aromatic heterocycles. The third kappa shape index (κ3) is 6.53. The molecule has 1 N–H and O–H groups in total. The quantitative estimate of drug-likeness (QED) is 0.240. The Morgan fingerprint density at radius 1 is 1.00 bits per heavy atom. The monoisotopic (exact) mass is 549 g/mol. The van der Waals surface area contributed by atoms with Gasteiger partial charge in [0.05, 0.1) is 16.9 Å². The molecular weight excluding hydrogens is 518 g/mol. The third-order valence-electron chi connectivity index (χ3n) is 6.90. The number of aromatic nitrogens is 4. The van der Waals surface area contributed by atoms with E-state index in [0.29, 0.717) is 17.1 Å². The lowest BCUT2D eigenvalue weighted by Gasteiger charge is -2.33. The molecule has 1 amide bonds. The topological polar surface area (TPSA) is 135 Å². The number of carbonyl (C=O) groups is 1. The summed E-state index contributed by atoms with van der Waals surface area (Å²) in [5, 5.41) is 27.9. The van der Waals surface area contributed by atoms with Crippen LogP contribution in [0.3, 0.4) is 0 Å². The Kier molecular flexibility index (Phi) is 8.66. The minimum Gasteiger partial charge on any atom is -0.371 e. The molecule has 2 aliphatic heterocycles. The van der Waals surface area contributed by atoms with Crippen LogP contribution in [-0.2, 0) is 4.79 Å². The highest BCUT2D eigenvalue weighted by Gasteiger charge is 2.26. The number of hydrogen-bond donors (Lipinski definition) is 1. The van der Waals surface area contributed by atoms with E-state index in [1.54, 1.807) is 6.07 Å². The highest BCUT2D eigenvalue weighted by Crippen LogP contribution is 2.37. The number of nitrogens with one attached hydrogen (secondary N) is 1. The zero-order chi connectivity index (χ0) is 27.0. The fourth-order valence-electron chi connectivity index (χ4n) is 4.98. The molecule has 13 heteroatoms. The van der Waals surface area contributed by atoms with Crippen LogP contribution in [-0.4, -0.2) is 68.6 Å². The summed E-state index contributed by atoms with van der Waals surface area (Å²) in [6, 6.07) is 13.0. The van der Waals surface area contributed by atoms with Gasteiger partial charge in [0, 0.05) is 49.1 Å². The molecule has 0 spiro atoms. The minimum absolute atomic E-state index is 0.0369. The maximum atomic E-state index is 12.5. The van der Waals surface area contributed by atoms with Crippen LogP contribution in [0, 0.1) is 10.1 Å². The summed E-state index contributed by atoms with van der Waals surface area (Å²) in [5.74, 6) is 0.240. The number of nitro benzene ring substituents is 1. The molecular formula is C26H31N9O3S. The van der Waals surface area contributed by atoms with Crippen molar-refractivity contribution in [1.82, 2.24) is 25.0 Å². The number of piperidine rings is 2. The number of hydrazone groups is 1. The normalized spacial score (nSPS) is 16.0. The average Bonchev–Trinajstić information content (AvgIpc) is 3.46. The number of anilines is 2. The summed E-state index contributed by atoms with van der Waals surface area (Å²) < 4.78 is 1.50. The highest BCUT2D eigenvalue weighted by molar-refractivity contribution is 7.98. The lowest BCUT2D eigenvalue weighted by molar-refractivity contribution is -0.384. The molecule has 2 aliphatic rings. The molecule has 0 unspecified atom stereocenters. The third-order valence-corrected chi connectivity index (χ3v) is 7.78. The molecule has 5 rings (SSSR count). The number of nitrogens with zero attached hydrogens (tertiary/aromatic N) is 8. The van der Waals surface area contributed by atoms with E-state index in [1.165, 1.54) is 16.7 Å². The van der Waals surface area contributed by atoms with Crippen LogP contribution >= 0.6 is 11.9 Å². The number of nitro groups is 1. The smallest absolute Gasteiger partial charge is 0.293 e. The lowest BCUT2D eigenvalue weighted by Crippen LogP contribution is -2.32. The Bertz CT molecular complexity index is 1320. The highest BCUT2D eigenvalue weighted by atomic mass is 32.2. The van der Waals surface area contributed by atoms with E-state index in [-0.39, 0.29) is 22.3 Å². The van der Waals surface area contributed by atoms with E-state index in [4.69, 9.17) is 0 Å². The van der Waals surface area contributed by atoms with E-state index < -0.39 is 0 Å². The summed E-state index contributed by atoms with van der Waals surface area (Å²) in [5.41, 5.74) is 5.63. The molecule has 2 aromatic carbocycles. The maximum absolute atomic E-state index is 12.5. The summed E-state index contributed by atoms with van der Waals surface area (Å²) in [4.78, 5) is 28.7. The first-order valence-electron chi connectivity index (χ1n) is 13.2. The van der Waals surface area contributed by atoms with Crippen molar-refractivity contribution in [3.8, 4) is 11.4 Å². The summed E-state index contributed by atoms with van der Waals surface area (Å²) in [6.07, 6.45) is 8.03. The van der Waals surface area contributed by atoms with E-state index in [1.807, 2.05) is 36.4 Å². The molecule has 0 radical (unpaired) electrons. The van der Waals surface area contributed by atoms with Gasteiger partial charge in [-0.3, -0.25) is 14.9 Å². The van der Waals surface area contributed by atoms with Gasteiger partial charge in [0.25, 0.3) is 11.6 Å². The molecule has 0 aliphatic carbocycles. The Balaban J connectivity index is 1.31. The Morgan fingerprint density at radius 3 is 2.33 bits per heavy atom. The van der Waals surface area contributed by atoms with Gasteiger partial charge in [-0.1, -0.05) is 30.3 Å². The zero-order valence-corrected chi connectivity index (χ0v) is 22.4. The Hall–Kier alpha value is -4.00. The zero-order valence-electron chi connectivity index (χ0n) is 21.6. The summed E-state index contributed by atoms with van der Waals surface area (Å²) >= 11 is 1.14. The van der Waals surface area contributed by atoms with Gasteiger partial charge in [-0.25, -0.2) is 5.43 Å². The van der Waals surface area contributed by atoms with Gasteiger partial charge < -0.3 is 9.80 Å². The molecule has 2 fully saturated rings. The molecule has 3 aromatic rings. The van der Waals surface area contributed by atoms with Crippen LogP contribution in [0.5, 0.6) is 0 Å². The largest absolute Gasteiger partial charge is 0.371 e. The van der Waals surface area contributed by atoms with Gasteiger partial charge in [-0.05, 0) is 67.0 Å². The number of benzene rings is 2. The molecule has 12 nitrogen and oxygen atoms in total. The molecule has 204 valence electrons. The molecule has 0 bridgehead atoms. The fourth-order valence-corrected chi connectivity index (χ4v) is 5.63. The second-order valence-electron chi connectivity index (χ2n) is 9.56. The number of amides is 1. The van der Waals surface area contributed by atoms with Gasteiger partial charge >= 0.3 is 0 Å². The van der Waals surface area contributed by atoms with Gasteiger partial charge in [-0.15, -0.1) is 5.10 Å². The summed E-state index contributed by atoms with van der Waals surface area (Å²) in [6.45, 7) is 3.40. The minimum atomic E-state index is -0.343. The summed E-state index contributed by atoms with van der Waals surface area (Å²) in [7, 11) is 0. The van der Waals surface area contributed by atoms with Crippen molar-refractivity contribution in [3.05, 3.63) is 58.1 Å². The Labute approximate surface area is 230 Å². The SMILES string of the molecule is O=C(CSn1nnnc1-c1ccccc1)N/N=C\c1cc([N+](=O)[O-])c(N2CCCCC2)cc1N1CCCCC1. The van der Waals surface area contributed by atoms with Crippen LogP contribution in [0.2, 0.25) is 0 Å². The van der Waals surface area contributed by atoms with E-state index in [2.05, 4.69) is 35.9 Å². The molecule has 3 heterocycles. The molecule has 0 atom stereocenters. The van der Waals surface area contributed by atoms with Crippen LogP contribution in [0.1, 0.15) is 44.1 Å². The number of carbonyl (C=O) groups excluding carboxylic acids is 1. The van der Waals surface area contributed by atoms with Crippen molar-refractivity contribution in [2.24, 2.45) is 5.10 Å². The second-order valence-corrected chi connectivity index (χ2v) is 10.5. The van der Waals surface area contributed by atoms with E-state index in [0.717, 1.165) is 81.5 Å². The fraction of sp³-hybridized carbons (Fsp3) is 0.423. The van der Waals surface area contributed by atoms with Crippen molar-refractivity contribution in [1.29, 1.82) is 0 Å². The number of rotatable bonds is 9. The standard InChI is InChI=1S/C26H31N9O3S/c36-25(19-39-34-26(29-30-31-34)20-10-4-1-5-11-20)28-27-18-21-16-24(35(37)38)23(33-14-8-3-9-15-33)17-22(21)32-12-6-2-7-13-32/h1,4-5,10-11,16-18H,2-3,6-9,12-15,19H2,(H,28,36)/b27-18-. The molecule has 39 heavy (non-hydrogen) atoms. The average molecular weight is 550 g/mol. The van der Waals surface area contributed by atoms with Crippen molar-refractivity contribution in [2.75, 3.05) is 41.7 Å². The Morgan fingerprint density at radius 2 is 1.67 bits per heavy atom. The first kappa shape index (κ1) is 26.6. The van der Waals surface area contributed by atoms with Crippen molar-refractivity contribution < 1.29 is 9.72 Å². The van der Waals surface area contributed by atoms with Gasteiger partial charge in [-0.2, -0.15) is 9.19 Å². The van der Waals surface area contributed by atoms with Gasteiger partial charge in [0.15, 0.2) is 5.82 Å². The van der Waals surface area contributed by atoms with Crippen molar-refractivity contribution >= 4 is 41.1 Å². The lowest BCUT2D eigenvalue weighted by atomic mass is 10.0. The number of tetrazole rings is 1. The molecule has 2 saturated heterocycles. The predicted octanol–water partition coefficient (Wildman–Crippen LogP) is 3.88. The van der Waals surface area contributed by atoms with Crippen LogP contribution in [0.25, 0.3) is 11.4 Å². The van der Waals surface area contributed by atoms with E-state index in [9.17, 15) is 14.9 Å². The van der Waals surface area contributed by atoms with Gasteiger partial charge in [0.1, 0.15) is 5.69 Å². The van der Waals surface area contributed by atoms with Crippen LogP contribution < -0.4 is 15.2 Å². The van der Waals surface area contributed by atoms with Crippen LogP contribution in [0.4, 0.5) is 17.1 Å². The van der Waals surface area contributed by atoms with Gasteiger partial charge in [0.2, 0.25) is 0 Å². The van der Waals surface area contributed by atoms with E-state index >= 15 is 0 Å². The predicted molar refractivity (Wildman–Crippen MR) is 152 cm³/mol. The second kappa shape index (κ2) is 12.7. The maximum Gasteiger partial charge on any atom is 0.293 e. The number of hydrogen-bond acceptors (Lipinski definition) is 10. The molecule has 0 saturated carbocycles. The van der Waals surface area contributed by atoms with Crippen molar-refractivity contribution in [3.63, 3.8) is 0 Å². The van der Waals surface area contributed by atoms with Crippen LogP contribution in [0.15, 0.2) is 47.6 Å². The first-order valence-corrected chi connectivity index (χ1v) is 14.2.